The van der Waals surface area contributed by atoms with Crippen molar-refractivity contribution in [3.63, 3.8) is 0 Å². The van der Waals surface area contributed by atoms with Gasteiger partial charge in [-0.05, 0) is 24.9 Å². The molecule has 0 unspecified atom stereocenters. The number of ether oxygens (including phenoxy) is 3. The molecule has 0 atom stereocenters. The number of rotatable bonds is 9. The number of nitrogens with zero attached hydrogens (tertiary/aromatic N) is 3. The Morgan fingerprint density at radius 2 is 2.00 bits per heavy atom. The van der Waals surface area contributed by atoms with E-state index >= 15 is 0 Å². The highest BCUT2D eigenvalue weighted by molar-refractivity contribution is 6.28. The van der Waals surface area contributed by atoms with E-state index in [9.17, 15) is 10.1 Å². The molecule has 1 aromatic heterocycles. The Kier molecular flexibility index (Phi) is 7.13. The highest BCUT2D eigenvalue weighted by Gasteiger charge is 2.23. The molecule has 0 aliphatic carbocycles. The van der Waals surface area contributed by atoms with Crippen LogP contribution < -0.4 is 4.74 Å². The van der Waals surface area contributed by atoms with Gasteiger partial charge in [-0.2, -0.15) is 4.98 Å². The Bertz CT molecular complexity index is 458. The molecule has 0 saturated carbocycles. The minimum Gasteiger partial charge on any atom is -0.470 e. The third-order valence-electron chi connectivity index (χ3n) is 2.29. The van der Waals surface area contributed by atoms with Gasteiger partial charge in [0, 0.05) is 20.3 Å². The molecule has 0 spiro atoms. The van der Waals surface area contributed by atoms with Crippen molar-refractivity contribution in [2.24, 2.45) is 0 Å². The summed E-state index contributed by atoms with van der Waals surface area (Å²) < 4.78 is 15.4. The molecule has 0 bridgehead atoms. The summed E-state index contributed by atoms with van der Waals surface area (Å²) in [6.07, 6.45) is 0.773. The highest BCUT2D eigenvalue weighted by atomic mass is 35.5. The lowest BCUT2D eigenvalue weighted by Gasteiger charge is -2.07. The van der Waals surface area contributed by atoms with E-state index in [-0.39, 0.29) is 29.2 Å². The lowest BCUT2D eigenvalue weighted by Crippen LogP contribution is -2.11. The van der Waals surface area contributed by atoms with Crippen LogP contribution in [-0.4, -0.2) is 48.4 Å². The molecule has 8 nitrogen and oxygen atoms in total. The Morgan fingerprint density at radius 1 is 1.25 bits per heavy atom. The molecule has 9 heteroatoms. The molecule has 112 valence electrons. The fourth-order valence-electron chi connectivity index (χ4n) is 1.42. The summed E-state index contributed by atoms with van der Waals surface area (Å²) in [7, 11) is 1.61. The van der Waals surface area contributed by atoms with Gasteiger partial charge in [-0.25, -0.2) is 4.98 Å². The van der Waals surface area contributed by atoms with Gasteiger partial charge < -0.3 is 14.2 Å². The maximum absolute atomic E-state index is 10.9. The largest absolute Gasteiger partial charge is 0.470 e. The van der Waals surface area contributed by atoms with Crippen LogP contribution in [0.15, 0.2) is 0 Å². The van der Waals surface area contributed by atoms with Crippen molar-refractivity contribution < 1.29 is 19.1 Å². The van der Waals surface area contributed by atoms with Gasteiger partial charge in [-0.15, -0.1) is 0 Å². The predicted molar refractivity (Wildman–Crippen MR) is 71.2 cm³/mol. The first-order valence-corrected chi connectivity index (χ1v) is 6.32. The van der Waals surface area contributed by atoms with Gasteiger partial charge in [0.2, 0.25) is 5.28 Å². The van der Waals surface area contributed by atoms with Gasteiger partial charge in [0.1, 0.15) is 12.3 Å². The number of halogens is 1. The third kappa shape index (κ3) is 5.24. The summed E-state index contributed by atoms with van der Waals surface area (Å²) in [5, 5.41) is 10.8. The smallest absolute Gasteiger partial charge is 0.352 e. The van der Waals surface area contributed by atoms with Crippen molar-refractivity contribution in [1.82, 2.24) is 9.97 Å². The van der Waals surface area contributed by atoms with E-state index < -0.39 is 4.92 Å². The number of hydrogen-bond donors (Lipinski definition) is 0. The van der Waals surface area contributed by atoms with Gasteiger partial charge in [0.15, 0.2) is 0 Å². The minimum atomic E-state index is -0.597. The number of nitro groups is 1. The van der Waals surface area contributed by atoms with Crippen LogP contribution in [0.3, 0.4) is 0 Å². The van der Waals surface area contributed by atoms with Gasteiger partial charge >= 0.3 is 5.69 Å². The Balaban J connectivity index is 2.49. The average Bonchev–Trinajstić information content (AvgIpc) is 2.36. The lowest BCUT2D eigenvalue weighted by atomic mass is 10.4. The second-order valence-corrected chi connectivity index (χ2v) is 4.13. The fourth-order valence-corrected chi connectivity index (χ4v) is 1.63. The monoisotopic (exact) mass is 305 g/mol. The third-order valence-corrected chi connectivity index (χ3v) is 2.45. The van der Waals surface area contributed by atoms with Crippen LogP contribution in [0.25, 0.3) is 0 Å². The number of aromatic nitrogens is 2. The molecule has 0 saturated heterocycles. The zero-order valence-corrected chi connectivity index (χ0v) is 12.1. The first-order valence-electron chi connectivity index (χ1n) is 5.94. The summed E-state index contributed by atoms with van der Waals surface area (Å²) in [5.41, 5.74) is -0.125. The molecule has 0 fully saturated rings. The Labute approximate surface area is 121 Å². The van der Waals surface area contributed by atoms with Gasteiger partial charge in [0.05, 0.1) is 11.5 Å². The Morgan fingerprint density at radius 3 is 2.65 bits per heavy atom. The van der Waals surface area contributed by atoms with Crippen LogP contribution in [0.1, 0.15) is 12.1 Å². The van der Waals surface area contributed by atoms with E-state index in [1.165, 1.54) is 6.92 Å². The van der Waals surface area contributed by atoms with Crippen LogP contribution >= 0.6 is 11.6 Å². The van der Waals surface area contributed by atoms with Crippen LogP contribution in [0.4, 0.5) is 5.69 Å². The highest BCUT2D eigenvalue weighted by Crippen LogP contribution is 2.28. The van der Waals surface area contributed by atoms with E-state index in [0.717, 1.165) is 6.42 Å². The SMILES string of the molecule is COCCCOCCOc1nc(Cl)nc(C)c1[N+](=O)[O-]. The van der Waals surface area contributed by atoms with Crippen molar-refractivity contribution in [1.29, 1.82) is 0 Å². The molecule has 0 aliphatic rings. The quantitative estimate of drug-likeness (QED) is 0.297. The summed E-state index contributed by atoms with van der Waals surface area (Å²) in [5.74, 6) is -0.145. The first kappa shape index (κ1) is 16.5. The molecule has 1 heterocycles. The van der Waals surface area contributed by atoms with Gasteiger partial charge in [-0.3, -0.25) is 10.1 Å². The molecule has 20 heavy (non-hydrogen) atoms. The topological polar surface area (TPSA) is 96.6 Å². The van der Waals surface area contributed by atoms with Crippen molar-refractivity contribution in [3.8, 4) is 5.88 Å². The summed E-state index contributed by atoms with van der Waals surface area (Å²) >= 11 is 5.65. The molecule has 0 radical (unpaired) electrons. The molecule has 0 N–H and O–H groups in total. The summed E-state index contributed by atoms with van der Waals surface area (Å²) in [4.78, 5) is 17.8. The van der Waals surface area contributed by atoms with E-state index in [1.807, 2.05) is 0 Å². The van der Waals surface area contributed by atoms with Crippen LogP contribution in [0.5, 0.6) is 5.88 Å². The Hall–Kier alpha value is -1.51. The maximum atomic E-state index is 10.9. The number of hydrogen-bond acceptors (Lipinski definition) is 7. The summed E-state index contributed by atoms with van der Waals surface area (Å²) in [6, 6.07) is 0. The zero-order chi connectivity index (χ0) is 15.0. The molecule has 1 aromatic rings. The van der Waals surface area contributed by atoms with Gasteiger partial charge in [-0.1, -0.05) is 0 Å². The van der Waals surface area contributed by atoms with E-state index in [1.54, 1.807) is 7.11 Å². The van der Waals surface area contributed by atoms with Crippen LogP contribution in [0.2, 0.25) is 5.28 Å². The fraction of sp³-hybridized carbons (Fsp3) is 0.636. The molecular weight excluding hydrogens is 290 g/mol. The normalized spacial score (nSPS) is 10.6. The minimum absolute atomic E-state index is 0.0934. The number of methoxy groups -OCH3 is 1. The number of aryl methyl sites for hydroxylation is 1. The maximum Gasteiger partial charge on any atom is 0.352 e. The van der Waals surface area contributed by atoms with Gasteiger partial charge in [0.25, 0.3) is 5.88 Å². The molecule has 0 amide bonds. The second kappa shape index (κ2) is 8.62. The molecular formula is C11H16ClN3O5. The van der Waals surface area contributed by atoms with Crippen LogP contribution in [-0.2, 0) is 9.47 Å². The first-order chi connectivity index (χ1) is 9.56. The van der Waals surface area contributed by atoms with E-state index in [4.69, 9.17) is 25.8 Å². The average molecular weight is 306 g/mol. The van der Waals surface area contributed by atoms with Crippen molar-refractivity contribution in [2.45, 2.75) is 13.3 Å². The van der Waals surface area contributed by atoms with Crippen molar-refractivity contribution >= 4 is 17.3 Å². The van der Waals surface area contributed by atoms with E-state index in [0.29, 0.717) is 19.8 Å². The predicted octanol–water partition coefficient (Wildman–Crippen LogP) is 1.78. The lowest BCUT2D eigenvalue weighted by molar-refractivity contribution is -0.387. The van der Waals surface area contributed by atoms with Crippen molar-refractivity contribution in [3.05, 3.63) is 21.1 Å². The molecule has 0 aromatic carbocycles. The van der Waals surface area contributed by atoms with Crippen LogP contribution in [0, 0.1) is 17.0 Å². The van der Waals surface area contributed by atoms with Crippen molar-refractivity contribution in [2.75, 3.05) is 33.5 Å². The molecule has 0 aliphatic heterocycles. The standard InChI is InChI=1S/C11H16ClN3O5/c1-8-9(15(16)17)10(14-11(12)13-8)20-7-6-19-5-3-4-18-2/h3-7H2,1-2H3. The molecule has 1 rings (SSSR count). The zero-order valence-electron chi connectivity index (χ0n) is 11.3. The second-order valence-electron chi connectivity index (χ2n) is 3.80. The summed E-state index contributed by atoms with van der Waals surface area (Å²) in [6.45, 7) is 3.05. The van der Waals surface area contributed by atoms with E-state index in [2.05, 4.69) is 9.97 Å².